The predicted octanol–water partition coefficient (Wildman–Crippen LogP) is 3.52. The molecule has 4 nitrogen and oxygen atoms in total. The normalized spacial score (nSPS) is 11.2. The molecular weight excluding hydrogens is 402 g/mol. The van der Waals surface area contributed by atoms with Crippen LogP contribution < -0.4 is 18.7 Å². The average molecular weight is 423 g/mol. The summed E-state index contributed by atoms with van der Waals surface area (Å²) >= 11 is 0.131. The summed E-state index contributed by atoms with van der Waals surface area (Å²) in [6, 6.07) is 8.07. The van der Waals surface area contributed by atoms with Crippen LogP contribution in [0.15, 0.2) is 35.9 Å². The molecule has 0 aliphatic heterocycles. The van der Waals surface area contributed by atoms with E-state index in [1.165, 1.54) is 19.2 Å². The fourth-order valence-corrected chi connectivity index (χ4v) is 3.82. The van der Waals surface area contributed by atoms with Crippen LogP contribution in [0.3, 0.4) is 0 Å². The summed E-state index contributed by atoms with van der Waals surface area (Å²) in [5, 5.41) is 0. The Hall–Kier alpha value is -2.30. The van der Waals surface area contributed by atoms with Crippen LogP contribution in [0.25, 0.3) is 6.08 Å². The second-order valence-corrected chi connectivity index (χ2v) is 7.24. The zero-order valence-corrected chi connectivity index (χ0v) is 17.1. The minimum absolute atomic E-state index is 0.131. The number of hydrogen-bond acceptors (Lipinski definition) is 4. The van der Waals surface area contributed by atoms with Crippen LogP contribution in [0.4, 0.5) is 4.39 Å². The van der Waals surface area contributed by atoms with Crippen molar-refractivity contribution in [3.05, 3.63) is 52.8 Å². The van der Waals surface area contributed by atoms with Gasteiger partial charge in [0.2, 0.25) is 0 Å². The number of ether oxygens (including phenoxy) is 3. The number of carbonyl (C=O) groups is 1. The van der Waals surface area contributed by atoms with E-state index in [1.54, 1.807) is 39.4 Å². The first-order valence-corrected chi connectivity index (χ1v) is 10.4. The summed E-state index contributed by atoms with van der Waals surface area (Å²) in [5.41, 5.74) is 1.61. The van der Waals surface area contributed by atoms with E-state index in [0.29, 0.717) is 28.2 Å². The molecule has 2 aromatic rings. The van der Waals surface area contributed by atoms with Gasteiger partial charge in [-0.25, -0.2) is 0 Å². The molecule has 0 saturated carbocycles. The maximum absolute atomic E-state index is 13.8. The number of hydrogen-bond donors (Lipinski definition) is 0. The molecule has 0 radical (unpaired) electrons. The molecule has 26 heavy (non-hydrogen) atoms. The Labute approximate surface area is 159 Å². The molecular formula is C20H21FO4Se. The Balaban J connectivity index is 2.40. The number of benzene rings is 2. The second-order valence-electron chi connectivity index (χ2n) is 5.46. The molecule has 0 fully saturated rings. The monoisotopic (exact) mass is 424 g/mol. The van der Waals surface area contributed by atoms with E-state index < -0.39 is 5.82 Å². The number of rotatable bonds is 7. The van der Waals surface area contributed by atoms with Crippen LogP contribution in [-0.2, 0) is 0 Å². The molecule has 0 spiro atoms. The van der Waals surface area contributed by atoms with Crippen molar-refractivity contribution in [2.75, 3.05) is 21.3 Å². The van der Waals surface area contributed by atoms with E-state index in [9.17, 15) is 9.18 Å². The van der Waals surface area contributed by atoms with Crippen LogP contribution in [0.2, 0.25) is 5.82 Å². The molecule has 6 heteroatoms. The van der Waals surface area contributed by atoms with Crippen molar-refractivity contribution < 1.29 is 23.4 Å². The van der Waals surface area contributed by atoms with Crippen LogP contribution in [0, 0.1) is 5.82 Å². The van der Waals surface area contributed by atoms with Crippen molar-refractivity contribution >= 4 is 31.3 Å². The van der Waals surface area contributed by atoms with Gasteiger partial charge in [-0.3, -0.25) is 0 Å². The summed E-state index contributed by atoms with van der Waals surface area (Å²) < 4.78 is 30.5. The molecule has 0 unspecified atom stereocenters. The zero-order valence-electron chi connectivity index (χ0n) is 15.4. The van der Waals surface area contributed by atoms with Gasteiger partial charge in [0.15, 0.2) is 0 Å². The van der Waals surface area contributed by atoms with Gasteiger partial charge in [-0.2, -0.15) is 0 Å². The molecule has 0 bridgehead atoms. The number of methoxy groups -OCH3 is 3. The quantitative estimate of drug-likeness (QED) is 0.389. The summed E-state index contributed by atoms with van der Waals surface area (Å²) in [4.78, 5) is 12.8. The van der Waals surface area contributed by atoms with Gasteiger partial charge < -0.3 is 0 Å². The standard InChI is InChI=1S/C20H21FO4Se/c1-12(8-13-6-7-16(23-2)15(21)9-13)19(22)14-10-17(24-3)20(25-4)18(11-14)26-5/h6-11H,1-5H3/b12-8+. The van der Waals surface area contributed by atoms with Gasteiger partial charge in [0.1, 0.15) is 0 Å². The molecule has 0 N–H and O–H groups in total. The first-order valence-electron chi connectivity index (χ1n) is 7.81. The number of ketones is 1. The second kappa shape index (κ2) is 8.88. The van der Waals surface area contributed by atoms with Gasteiger partial charge in [0, 0.05) is 0 Å². The Kier molecular flexibility index (Phi) is 6.83. The molecule has 0 aliphatic rings. The van der Waals surface area contributed by atoms with Crippen LogP contribution >= 0.6 is 0 Å². The Bertz CT molecular complexity index is 821. The molecule has 0 heterocycles. The first kappa shape index (κ1) is 20.0. The minimum atomic E-state index is -0.469. The van der Waals surface area contributed by atoms with Gasteiger partial charge in [-0.05, 0) is 0 Å². The van der Waals surface area contributed by atoms with Gasteiger partial charge in [-0.1, -0.05) is 0 Å². The SMILES string of the molecule is COc1ccc(/C=C(\C)C(=O)c2cc(OC)c(OC)c([Se]C)c2)cc1F. The van der Waals surface area contributed by atoms with Crippen LogP contribution in [0.1, 0.15) is 22.8 Å². The topological polar surface area (TPSA) is 44.8 Å². The van der Waals surface area contributed by atoms with Gasteiger partial charge in [0.05, 0.1) is 0 Å². The van der Waals surface area contributed by atoms with Crippen molar-refractivity contribution in [2.45, 2.75) is 12.7 Å². The van der Waals surface area contributed by atoms with E-state index in [2.05, 4.69) is 0 Å². The van der Waals surface area contributed by atoms with Crippen molar-refractivity contribution in [1.29, 1.82) is 0 Å². The number of Topliss-reactive ketones (excluding diaryl/α,β-unsaturated/α-hetero) is 1. The molecule has 0 aromatic heterocycles. The molecule has 0 aliphatic carbocycles. The summed E-state index contributed by atoms with van der Waals surface area (Å²) in [7, 11) is 4.53. The molecule has 2 rings (SSSR count). The Morgan fingerprint density at radius 3 is 2.27 bits per heavy atom. The molecule has 0 saturated heterocycles. The van der Waals surface area contributed by atoms with Crippen LogP contribution in [0.5, 0.6) is 17.2 Å². The van der Waals surface area contributed by atoms with Crippen molar-refractivity contribution in [2.24, 2.45) is 0 Å². The van der Waals surface area contributed by atoms with Gasteiger partial charge in [-0.15, -0.1) is 0 Å². The van der Waals surface area contributed by atoms with E-state index in [-0.39, 0.29) is 26.5 Å². The van der Waals surface area contributed by atoms with Crippen molar-refractivity contribution in [3.63, 3.8) is 0 Å². The fraction of sp³-hybridized carbons (Fsp3) is 0.250. The van der Waals surface area contributed by atoms with Gasteiger partial charge in [0.25, 0.3) is 0 Å². The summed E-state index contributed by atoms with van der Waals surface area (Å²) in [6.45, 7) is 1.71. The fourth-order valence-electron chi connectivity index (χ4n) is 2.53. The molecule has 0 atom stereocenters. The summed E-state index contributed by atoms with van der Waals surface area (Å²) in [5.74, 6) is 2.78. The van der Waals surface area contributed by atoms with E-state index in [4.69, 9.17) is 14.2 Å². The Morgan fingerprint density at radius 1 is 1.04 bits per heavy atom. The van der Waals surface area contributed by atoms with Crippen LogP contribution in [-0.4, -0.2) is 42.1 Å². The third-order valence-electron chi connectivity index (χ3n) is 3.84. The third-order valence-corrected chi connectivity index (χ3v) is 5.40. The predicted molar refractivity (Wildman–Crippen MR) is 102 cm³/mol. The number of halogens is 1. The van der Waals surface area contributed by atoms with E-state index in [0.717, 1.165) is 4.46 Å². The first-order chi connectivity index (χ1) is 12.4. The number of carbonyl (C=O) groups excluding carboxylic acids is 1. The summed E-state index contributed by atoms with van der Waals surface area (Å²) in [6.07, 6.45) is 1.65. The maximum atomic E-state index is 13.8. The Morgan fingerprint density at radius 2 is 1.73 bits per heavy atom. The zero-order chi connectivity index (χ0) is 19.3. The third kappa shape index (κ3) is 4.26. The number of allylic oxidation sites excluding steroid dienone is 1. The molecule has 2 aromatic carbocycles. The van der Waals surface area contributed by atoms with Crippen molar-refractivity contribution in [3.8, 4) is 17.2 Å². The van der Waals surface area contributed by atoms with E-state index >= 15 is 0 Å². The molecule has 138 valence electrons. The molecule has 0 amide bonds. The van der Waals surface area contributed by atoms with Gasteiger partial charge >= 0.3 is 159 Å². The van der Waals surface area contributed by atoms with Crippen molar-refractivity contribution in [1.82, 2.24) is 0 Å². The van der Waals surface area contributed by atoms with E-state index in [1.807, 2.05) is 11.9 Å². The average Bonchev–Trinajstić information content (AvgIpc) is 2.66.